The Morgan fingerprint density at radius 1 is 1.27 bits per heavy atom. The van der Waals surface area contributed by atoms with E-state index in [1.165, 1.54) is 0 Å². The van der Waals surface area contributed by atoms with Crippen LogP contribution in [-0.4, -0.2) is 28.4 Å². The van der Waals surface area contributed by atoms with E-state index < -0.39 is 17.2 Å². The summed E-state index contributed by atoms with van der Waals surface area (Å²) in [5.74, 6) is 0.212. The number of halogens is 1. The van der Waals surface area contributed by atoms with Crippen LogP contribution in [-0.2, 0) is 9.59 Å². The van der Waals surface area contributed by atoms with E-state index in [2.05, 4.69) is 13.8 Å². The molecule has 0 aromatic rings. The Hall–Kier alpha value is -1.03. The van der Waals surface area contributed by atoms with Gasteiger partial charge in [-0.15, -0.1) is 0 Å². The zero-order valence-corrected chi connectivity index (χ0v) is 16.3. The van der Waals surface area contributed by atoms with Gasteiger partial charge in [-0.2, -0.15) is 0 Å². The number of rotatable bonds is 1. The molecule has 0 saturated heterocycles. The summed E-state index contributed by atoms with van der Waals surface area (Å²) in [5.41, 5.74) is -1.90. The van der Waals surface area contributed by atoms with Gasteiger partial charge in [0.2, 0.25) is 0 Å². The summed E-state index contributed by atoms with van der Waals surface area (Å²) in [4.78, 5) is 24.2. The number of Topliss-reactive ketones (excluding diaryl/α,β-unsaturated/α-hetero) is 1. The third kappa shape index (κ3) is 2.03. The molecular formula is C22H31FO3. The Kier molecular flexibility index (Phi) is 3.88. The molecule has 4 heteroatoms. The van der Waals surface area contributed by atoms with E-state index in [0.29, 0.717) is 25.7 Å². The molecule has 4 rings (SSSR count). The molecule has 1 N–H and O–H groups in total. The number of carbonyl (C=O) groups is 2. The first-order valence-corrected chi connectivity index (χ1v) is 10.2. The van der Waals surface area contributed by atoms with Gasteiger partial charge < -0.3 is 5.11 Å². The molecule has 0 aromatic carbocycles. The maximum atomic E-state index is 16.9. The Labute approximate surface area is 155 Å². The van der Waals surface area contributed by atoms with Crippen LogP contribution >= 0.6 is 0 Å². The van der Waals surface area contributed by atoms with Gasteiger partial charge in [0.15, 0.2) is 5.78 Å². The van der Waals surface area contributed by atoms with Crippen LogP contribution < -0.4 is 0 Å². The maximum Gasteiger partial charge on any atom is 0.155 e. The van der Waals surface area contributed by atoms with E-state index in [9.17, 15) is 14.7 Å². The minimum absolute atomic E-state index is 0.0697. The largest absolute Gasteiger partial charge is 0.390 e. The standard InChI is InChI=1S/C22H31FO3/c1-12-9-18-16-6-5-15(13(2)24)20(16,3)11-19(26)22(18,23)21(4)8-7-14(25)10-17(12)21/h10,12,15-16,18-19,26H,5-9,11H2,1-4H3/t12-,15+,16-,18-,19-,20+,21-,22-/m0/s1. The van der Waals surface area contributed by atoms with Gasteiger partial charge in [-0.3, -0.25) is 9.59 Å². The first-order chi connectivity index (χ1) is 12.1. The highest BCUT2D eigenvalue weighted by Crippen LogP contribution is 2.70. The molecule has 0 amide bonds. The number of aliphatic hydroxyl groups is 1. The van der Waals surface area contributed by atoms with E-state index >= 15 is 4.39 Å². The zero-order valence-electron chi connectivity index (χ0n) is 16.3. The lowest BCUT2D eigenvalue weighted by Crippen LogP contribution is -2.68. The average molecular weight is 362 g/mol. The van der Waals surface area contributed by atoms with E-state index in [1.54, 1.807) is 13.0 Å². The van der Waals surface area contributed by atoms with Gasteiger partial charge in [-0.1, -0.05) is 26.3 Å². The number of allylic oxidation sites excluding steroid dienone is 1. The van der Waals surface area contributed by atoms with Crippen LogP contribution in [0, 0.1) is 34.5 Å². The molecule has 0 radical (unpaired) electrons. The Bertz CT molecular complexity index is 700. The van der Waals surface area contributed by atoms with Crippen LogP contribution in [0.4, 0.5) is 4.39 Å². The molecule has 4 aliphatic carbocycles. The quantitative estimate of drug-likeness (QED) is 0.766. The van der Waals surface area contributed by atoms with E-state index in [0.717, 1.165) is 18.4 Å². The number of ketones is 2. The summed E-state index contributed by atoms with van der Waals surface area (Å²) in [6, 6.07) is 0. The highest BCUT2D eigenvalue weighted by Gasteiger charge is 2.71. The van der Waals surface area contributed by atoms with Crippen LogP contribution in [0.3, 0.4) is 0 Å². The summed E-state index contributed by atoms with van der Waals surface area (Å²) in [6.07, 6.45) is 4.10. The lowest BCUT2D eigenvalue weighted by atomic mass is 9.43. The van der Waals surface area contributed by atoms with Crippen molar-refractivity contribution in [2.75, 3.05) is 0 Å². The second-order valence-electron chi connectivity index (χ2n) is 9.98. The number of hydrogen-bond acceptors (Lipinski definition) is 3. The van der Waals surface area contributed by atoms with Crippen molar-refractivity contribution in [3.05, 3.63) is 11.6 Å². The molecule has 26 heavy (non-hydrogen) atoms. The lowest BCUT2D eigenvalue weighted by molar-refractivity contribution is -0.213. The fourth-order valence-electron chi connectivity index (χ4n) is 7.63. The number of fused-ring (bicyclic) bond motifs is 5. The predicted molar refractivity (Wildman–Crippen MR) is 97.2 cm³/mol. The third-order valence-corrected chi connectivity index (χ3v) is 8.85. The first kappa shape index (κ1) is 18.3. The normalized spacial score (nSPS) is 53.4. The fourth-order valence-corrected chi connectivity index (χ4v) is 7.63. The number of alkyl halides is 1. The zero-order chi connectivity index (χ0) is 19.1. The van der Waals surface area contributed by atoms with Gasteiger partial charge in [0.1, 0.15) is 11.5 Å². The average Bonchev–Trinajstić information content (AvgIpc) is 2.89. The Morgan fingerprint density at radius 2 is 1.96 bits per heavy atom. The fraction of sp³-hybridized carbons (Fsp3) is 0.818. The highest BCUT2D eigenvalue weighted by molar-refractivity contribution is 5.92. The van der Waals surface area contributed by atoms with E-state index in [4.69, 9.17) is 0 Å². The summed E-state index contributed by atoms with van der Waals surface area (Å²) in [5, 5.41) is 11.1. The van der Waals surface area contributed by atoms with Crippen LogP contribution in [0.5, 0.6) is 0 Å². The summed E-state index contributed by atoms with van der Waals surface area (Å²) in [6.45, 7) is 7.76. The minimum Gasteiger partial charge on any atom is -0.390 e. The molecule has 0 bridgehead atoms. The number of aliphatic hydroxyl groups excluding tert-OH is 1. The van der Waals surface area contributed by atoms with Gasteiger partial charge in [0.25, 0.3) is 0 Å². The van der Waals surface area contributed by atoms with Crippen molar-refractivity contribution in [2.45, 2.75) is 78.0 Å². The van der Waals surface area contributed by atoms with Gasteiger partial charge in [0, 0.05) is 23.7 Å². The molecule has 4 aliphatic rings. The molecule has 8 atom stereocenters. The lowest BCUT2D eigenvalue weighted by Gasteiger charge is -2.64. The predicted octanol–water partition coefficient (Wildman–Crippen LogP) is 4.03. The van der Waals surface area contributed by atoms with Crippen molar-refractivity contribution < 1.29 is 19.1 Å². The van der Waals surface area contributed by atoms with Crippen molar-refractivity contribution in [1.29, 1.82) is 0 Å². The molecule has 0 aliphatic heterocycles. The third-order valence-electron chi connectivity index (χ3n) is 8.85. The molecule has 3 nitrogen and oxygen atoms in total. The molecule has 0 spiro atoms. The van der Waals surface area contributed by atoms with Gasteiger partial charge in [-0.25, -0.2) is 4.39 Å². The topological polar surface area (TPSA) is 54.4 Å². The summed E-state index contributed by atoms with van der Waals surface area (Å²) < 4.78 is 16.9. The molecule has 144 valence electrons. The molecular weight excluding hydrogens is 331 g/mol. The Balaban J connectivity index is 1.83. The second kappa shape index (κ2) is 5.50. The molecule has 0 heterocycles. The molecule has 3 fully saturated rings. The van der Waals surface area contributed by atoms with Crippen molar-refractivity contribution in [3.63, 3.8) is 0 Å². The van der Waals surface area contributed by atoms with Crippen LogP contribution in [0.2, 0.25) is 0 Å². The molecule has 0 aromatic heterocycles. The Morgan fingerprint density at radius 3 is 2.62 bits per heavy atom. The van der Waals surface area contributed by atoms with Crippen molar-refractivity contribution in [2.24, 2.45) is 34.5 Å². The van der Waals surface area contributed by atoms with Gasteiger partial charge >= 0.3 is 0 Å². The monoisotopic (exact) mass is 362 g/mol. The van der Waals surface area contributed by atoms with Crippen molar-refractivity contribution >= 4 is 11.6 Å². The second-order valence-corrected chi connectivity index (χ2v) is 9.98. The molecule has 3 saturated carbocycles. The van der Waals surface area contributed by atoms with Crippen molar-refractivity contribution in [1.82, 2.24) is 0 Å². The van der Waals surface area contributed by atoms with Crippen LogP contribution in [0.15, 0.2) is 11.6 Å². The highest BCUT2D eigenvalue weighted by atomic mass is 19.1. The van der Waals surface area contributed by atoms with Gasteiger partial charge in [0.05, 0.1) is 6.10 Å². The number of hydrogen-bond donors (Lipinski definition) is 1. The van der Waals surface area contributed by atoms with E-state index in [-0.39, 0.29) is 40.7 Å². The summed E-state index contributed by atoms with van der Waals surface area (Å²) in [7, 11) is 0. The van der Waals surface area contributed by atoms with Crippen LogP contribution in [0.1, 0.15) is 66.2 Å². The van der Waals surface area contributed by atoms with Crippen LogP contribution in [0.25, 0.3) is 0 Å². The molecule has 0 unspecified atom stereocenters. The first-order valence-electron chi connectivity index (χ1n) is 10.2. The SMILES string of the molecule is CC(=O)[C@H]1CC[C@H]2[C@@H]3C[C@H](C)C4=CC(=O)CC[C@]4(C)[C@@]3(F)[C@@H](O)C[C@]12C. The van der Waals surface area contributed by atoms with E-state index in [1.807, 2.05) is 6.92 Å². The smallest absolute Gasteiger partial charge is 0.155 e. The maximum absolute atomic E-state index is 16.9. The summed E-state index contributed by atoms with van der Waals surface area (Å²) >= 11 is 0. The van der Waals surface area contributed by atoms with Gasteiger partial charge in [-0.05, 0) is 62.4 Å². The number of carbonyl (C=O) groups excluding carboxylic acids is 2. The minimum atomic E-state index is -1.71. The van der Waals surface area contributed by atoms with Crippen molar-refractivity contribution in [3.8, 4) is 0 Å².